The van der Waals surface area contributed by atoms with Crippen LogP contribution in [0.15, 0.2) is 198 Å². The Bertz CT molecular complexity index is 4210. The lowest BCUT2D eigenvalue weighted by molar-refractivity contribution is 0.669. The molecule has 8 aromatic carbocycles. The fraction of sp³-hybridized carbons (Fsp3) is 0.0204. The van der Waals surface area contributed by atoms with E-state index < -0.39 is 219 Å². The number of nitrogens with zero attached hydrogens (tertiary/aromatic N) is 1. The van der Waals surface area contributed by atoms with E-state index in [0.29, 0.717) is 0 Å². The van der Waals surface area contributed by atoms with E-state index in [1.165, 1.54) is 0 Å². The van der Waals surface area contributed by atoms with Crippen molar-refractivity contribution < 1.29 is 41.4 Å². The summed E-state index contributed by atoms with van der Waals surface area (Å²) >= 11 is 0. The minimum atomic E-state index is -1.81. The van der Waals surface area contributed by atoms with E-state index in [9.17, 15) is 8.22 Å². The predicted octanol–water partition coefficient (Wildman–Crippen LogP) is 13.6. The topological polar surface area (TPSA) is 16.4 Å². The van der Waals surface area contributed by atoms with Gasteiger partial charge in [0.15, 0.2) is 0 Å². The zero-order valence-corrected chi connectivity index (χ0v) is 25.8. The predicted molar refractivity (Wildman–Crippen MR) is 212 cm³/mol. The normalized spacial score (nSPS) is 20.7. The van der Waals surface area contributed by atoms with E-state index in [1.54, 1.807) is 0 Å². The molecule has 9 aromatic rings. The van der Waals surface area contributed by atoms with Gasteiger partial charge in [-0.2, -0.15) is 0 Å². The van der Waals surface area contributed by atoms with Crippen molar-refractivity contribution in [3.8, 4) is 33.4 Å². The minimum Gasteiger partial charge on any atom is -0.456 e. The molecule has 10 rings (SSSR count). The molecule has 0 fully saturated rings. The van der Waals surface area contributed by atoms with E-state index in [4.69, 9.17) is 33.2 Å². The van der Waals surface area contributed by atoms with E-state index in [2.05, 4.69) is 0 Å². The summed E-state index contributed by atoms with van der Waals surface area (Å²) in [6.07, 6.45) is 0. The second-order valence-corrected chi connectivity index (χ2v) is 11.2. The first-order valence-corrected chi connectivity index (χ1v) is 15.3. The van der Waals surface area contributed by atoms with Crippen molar-refractivity contribution in [2.75, 3.05) is 4.90 Å². The van der Waals surface area contributed by atoms with Gasteiger partial charge >= 0.3 is 0 Å². The summed E-state index contributed by atoms with van der Waals surface area (Å²) in [7, 11) is 0. The molecule has 0 radical (unpaired) electrons. The van der Waals surface area contributed by atoms with Crippen molar-refractivity contribution in [2.24, 2.45) is 0 Å². The first-order valence-electron chi connectivity index (χ1n) is 28.8. The van der Waals surface area contributed by atoms with Crippen LogP contribution < -0.4 is 4.90 Å². The highest BCUT2D eigenvalue weighted by Crippen LogP contribution is 2.51. The van der Waals surface area contributed by atoms with Crippen molar-refractivity contribution in [1.82, 2.24) is 0 Å². The fourth-order valence-electron chi connectivity index (χ4n) is 6.23. The summed E-state index contributed by atoms with van der Waals surface area (Å²) in [6, 6.07) is -15.3. The number of benzene rings is 8. The number of anilines is 3. The molecule has 51 heavy (non-hydrogen) atoms. The summed E-state index contributed by atoms with van der Waals surface area (Å²) in [5, 5.41) is -0.730. The van der Waals surface area contributed by atoms with Gasteiger partial charge in [0.2, 0.25) is 0 Å². The largest absolute Gasteiger partial charge is 0.456 e. The van der Waals surface area contributed by atoms with Crippen LogP contribution in [0.1, 0.15) is 59.6 Å². The zero-order valence-electron chi connectivity index (χ0n) is 52.8. The summed E-state index contributed by atoms with van der Waals surface area (Å²) in [5.41, 5.74) is -6.20. The van der Waals surface area contributed by atoms with Gasteiger partial charge in [0.1, 0.15) is 11.2 Å². The van der Waals surface area contributed by atoms with Crippen LogP contribution in [0.4, 0.5) is 17.1 Å². The SMILES string of the molecule is [2H]c1cc(-c2ccc(N(c3c([2H])cc4c(c3[2H])C(c3c([2H])c([2H])c([2H])c([2H])c3[2H])c3c([2H])c([2H])c([2H])c([2H])c3-4)c3c([2H])c([2H])c([2H])c4oc5c([2H])c([2H])c(-c6c([2H])c([2H])c([2H])c([2H])c6[2H])cc5c34)c([2H])c2[2H])c([2H])c([2H])c1[2H]. The van der Waals surface area contributed by atoms with Gasteiger partial charge in [-0.1, -0.05) is 145 Å². The Morgan fingerprint density at radius 2 is 1.22 bits per heavy atom. The second kappa shape index (κ2) is 12.0. The number of hydrogen-bond donors (Lipinski definition) is 0. The average molecular weight is 679 g/mol. The molecule has 1 aliphatic carbocycles. The van der Waals surface area contributed by atoms with E-state index >= 15 is 0 Å². The van der Waals surface area contributed by atoms with Crippen LogP contribution in [0, 0.1) is 0 Å². The molecule has 1 unspecified atom stereocenters. The molecule has 0 N–H and O–H groups in total. The molecule has 0 aliphatic heterocycles. The number of furan rings is 1. The van der Waals surface area contributed by atoms with Crippen LogP contribution in [-0.4, -0.2) is 0 Å². The third-order valence-electron chi connectivity index (χ3n) is 8.44. The highest BCUT2D eigenvalue weighted by Gasteiger charge is 2.31. The van der Waals surface area contributed by atoms with Crippen LogP contribution in [0.2, 0.25) is 0 Å². The molecular weight excluding hydrogens is 619 g/mol. The maximum absolute atomic E-state index is 10.3. The van der Waals surface area contributed by atoms with E-state index in [1.807, 2.05) is 0 Å². The Morgan fingerprint density at radius 1 is 0.471 bits per heavy atom. The molecule has 0 saturated heterocycles. The molecule has 240 valence electrons. The maximum atomic E-state index is 10.3. The lowest BCUT2D eigenvalue weighted by Crippen LogP contribution is -2.11. The van der Waals surface area contributed by atoms with Gasteiger partial charge in [0.05, 0.1) is 48.1 Å². The average Bonchev–Trinajstić information content (AvgIpc) is 4.19. The van der Waals surface area contributed by atoms with Crippen LogP contribution in [0.25, 0.3) is 55.3 Å². The monoisotopic (exact) mass is 678 g/mol. The quantitative estimate of drug-likeness (QED) is 0.174. The molecule has 1 aromatic heterocycles. The summed E-state index contributed by atoms with van der Waals surface area (Å²) in [5.74, 6) is -1.81. The Balaban J connectivity index is 1.41. The maximum Gasteiger partial charge on any atom is 0.137 e. The van der Waals surface area contributed by atoms with Crippen molar-refractivity contribution in [3.63, 3.8) is 0 Å². The van der Waals surface area contributed by atoms with Gasteiger partial charge in [0, 0.05) is 22.7 Å². The second-order valence-electron chi connectivity index (χ2n) is 11.2. The molecule has 2 nitrogen and oxygen atoms in total. The Kier molecular flexibility index (Phi) is 3.05. The molecular formula is C49H33NO. The number of hydrogen-bond acceptors (Lipinski definition) is 2. The van der Waals surface area contributed by atoms with Crippen LogP contribution >= 0.6 is 0 Å². The third kappa shape index (κ3) is 4.95. The van der Waals surface area contributed by atoms with Crippen LogP contribution in [0.5, 0.6) is 0 Å². The molecule has 0 spiro atoms. The molecule has 0 bridgehead atoms. The molecule has 1 atom stereocenters. The summed E-state index contributed by atoms with van der Waals surface area (Å²) < 4.78 is 247. The van der Waals surface area contributed by atoms with Gasteiger partial charge in [-0.25, -0.2) is 0 Å². The Morgan fingerprint density at radius 3 is 2.10 bits per heavy atom. The van der Waals surface area contributed by atoms with Gasteiger partial charge in [-0.15, -0.1) is 0 Å². The van der Waals surface area contributed by atoms with Gasteiger partial charge < -0.3 is 9.32 Å². The van der Waals surface area contributed by atoms with Crippen LogP contribution in [-0.2, 0) is 0 Å². The number of rotatable bonds is 6. The summed E-state index contributed by atoms with van der Waals surface area (Å²) in [4.78, 5) is 0.867. The lowest BCUT2D eigenvalue weighted by atomic mass is 9.89. The van der Waals surface area contributed by atoms with E-state index in [-0.39, 0.29) is 38.8 Å². The number of fused-ring (bicyclic) bond motifs is 6. The first kappa shape index (κ1) is 12.9. The molecule has 2 heteroatoms. The van der Waals surface area contributed by atoms with Gasteiger partial charge in [0.25, 0.3) is 0 Å². The minimum absolute atomic E-state index is 0.230. The molecule has 0 amide bonds. The third-order valence-corrected chi connectivity index (χ3v) is 8.44. The van der Waals surface area contributed by atoms with Crippen molar-refractivity contribution >= 4 is 39.0 Å². The highest BCUT2D eigenvalue weighted by molar-refractivity contribution is 6.14. The van der Waals surface area contributed by atoms with Gasteiger partial charge in [-0.05, 0) is 98.5 Å². The van der Waals surface area contributed by atoms with Gasteiger partial charge in [-0.3, -0.25) is 0 Å². The molecule has 1 aliphatic rings. The Labute approximate surface area is 335 Å². The molecule has 0 saturated carbocycles. The highest BCUT2D eigenvalue weighted by atomic mass is 16.3. The first-order chi connectivity index (χ1) is 36.5. The smallest absolute Gasteiger partial charge is 0.137 e. The molecule has 1 heterocycles. The standard InChI is InChI=1S/C49H33NO/c1-4-13-33(14-5-1)35-23-26-38(27-24-35)50(39-28-29-41-40-19-10-11-20-42(40)48(43(41)32-39)36-17-8-3-9-18-36)45-21-12-22-47-49(45)44-31-37(25-30-46(44)51-47)34-15-6-2-7-16-34/h1-32,48H/i1D,2D,3D,4D,5D,6D,7D,8D,9D,10D,11D,12D,13D,15D,16D,17D,18D,19D,20D,21D,22D,23D,25D,26D,28D,30D,32D. The fourth-order valence-corrected chi connectivity index (χ4v) is 6.23. The van der Waals surface area contributed by atoms with Crippen molar-refractivity contribution in [2.45, 2.75) is 5.92 Å². The lowest BCUT2D eigenvalue weighted by Gasteiger charge is -2.27. The summed E-state index contributed by atoms with van der Waals surface area (Å²) in [6.45, 7) is 0. The van der Waals surface area contributed by atoms with Crippen LogP contribution in [0.3, 0.4) is 0 Å². The Hall–Kier alpha value is -6.64. The van der Waals surface area contributed by atoms with Crippen molar-refractivity contribution in [1.29, 1.82) is 0 Å². The zero-order chi connectivity index (χ0) is 57.2. The van der Waals surface area contributed by atoms with E-state index in [0.717, 1.165) is 35.2 Å². The van der Waals surface area contributed by atoms with Crippen molar-refractivity contribution in [3.05, 3.63) is 210 Å².